The highest BCUT2D eigenvalue weighted by atomic mass is 16.3. The fourth-order valence-electron chi connectivity index (χ4n) is 0.831. The number of allylic oxidation sites excluding steroid dienone is 1. The van der Waals surface area contributed by atoms with E-state index >= 15 is 0 Å². The van der Waals surface area contributed by atoms with Crippen molar-refractivity contribution in [1.29, 1.82) is 0 Å². The first kappa shape index (κ1) is 9.70. The topological polar surface area (TPSA) is 20.2 Å². The summed E-state index contributed by atoms with van der Waals surface area (Å²) in [4.78, 5) is 0. The van der Waals surface area contributed by atoms with Crippen LogP contribution in [0.2, 0.25) is 0 Å². The van der Waals surface area contributed by atoms with E-state index in [1.54, 1.807) is 0 Å². The summed E-state index contributed by atoms with van der Waals surface area (Å²) in [6, 6.07) is 0. The maximum atomic E-state index is 8.76. The van der Waals surface area contributed by atoms with E-state index in [9.17, 15) is 0 Å². The molecule has 0 saturated carbocycles. The van der Waals surface area contributed by atoms with E-state index in [4.69, 9.17) is 5.11 Å². The Labute approximate surface area is 63.8 Å². The third-order valence-corrected chi connectivity index (χ3v) is 1.65. The number of hydrogen-bond acceptors (Lipinski definition) is 1. The maximum absolute atomic E-state index is 8.76. The molecule has 0 rings (SSSR count). The molecule has 0 aromatic heterocycles. The highest BCUT2D eigenvalue weighted by Crippen LogP contribution is 2.03. The van der Waals surface area contributed by atoms with Crippen LogP contribution in [0.25, 0.3) is 0 Å². The third kappa shape index (κ3) is 4.57. The summed E-state index contributed by atoms with van der Waals surface area (Å²) in [6.07, 6.45) is 6.74. The molecule has 1 heteroatoms. The van der Waals surface area contributed by atoms with E-state index in [1.807, 2.05) is 0 Å². The van der Waals surface area contributed by atoms with Crippen LogP contribution in [-0.4, -0.2) is 11.7 Å². The molecule has 60 valence electrons. The molecule has 0 spiro atoms. The van der Waals surface area contributed by atoms with Gasteiger partial charge in [-0.15, -0.1) is 0 Å². The van der Waals surface area contributed by atoms with E-state index < -0.39 is 0 Å². The monoisotopic (exact) mass is 142 g/mol. The van der Waals surface area contributed by atoms with Crippen LogP contribution < -0.4 is 0 Å². The van der Waals surface area contributed by atoms with Gasteiger partial charge < -0.3 is 5.11 Å². The molecule has 0 saturated heterocycles. The molecule has 0 aliphatic heterocycles. The molecule has 0 heterocycles. The second-order valence-electron chi connectivity index (χ2n) is 2.52. The lowest BCUT2D eigenvalue weighted by molar-refractivity contribution is 0.327. The first-order chi connectivity index (χ1) is 4.85. The van der Waals surface area contributed by atoms with Gasteiger partial charge in [0.15, 0.2) is 0 Å². The zero-order chi connectivity index (χ0) is 7.82. The van der Waals surface area contributed by atoms with Crippen LogP contribution in [0.1, 0.15) is 39.5 Å². The van der Waals surface area contributed by atoms with Gasteiger partial charge in [-0.05, 0) is 18.4 Å². The largest absolute Gasteiger partial charge is 0.392 e. The predicted molar refractivity (Wildman–Crippen MR) is 45.0 cm³/mol. The van der Waals surface area contributed by atoms with E-state index in [2.05, 4.69) is 19.9 Å². The van der Waals surface area contributed by atoms with Crippen molar-refractivity contribution in [3.05, 3.63) is 11.6 Å². The Morgan fingerprint density at radius 1 is 1.40 bits per heavy atom. The van der Waals surface area contributed by atoms with Gasteiger partial charge in [-0.2, -0.15) is 0 Å². The zero-order valence-electron chi connectivity index (χ0n) is 7.06. The average molecular weight is 142 g/mol. The van der Waals surface area contributed by atoms with Crippen molar-refractivity contribution >= 4 is 0 Å². The summed E-state index contributed by atoms with van der Waals surface area (Å²) in [7, 11) is 0. The van der Waals surface area contributed by atoms with Gasteiger partial charge in [0.25, 0.3) is 0 Å². The van der Waals surface area contributed by atoms with Gasteiger partial charge in [-0.1, -0.05) is 32.8 Å². The molecule has 1 nitrogen and oxygen atoms in total. The zero-order valence-corrected chi connectivity index (χ0v) is 7.06. The summed E-state index contributed by atoms with van der Waals surface area (Å²) in [5.41, 5.74) is 1.17. The number of unbranched alkanes of at least 4 members (excludes halogenated alkanes) is 2. The van der Waals surface area contributed by atoms with E-state index in [1.165, 1.54) is 18.4 Å². The van der Waals surface area contributed by atoms with Crippen LogP contribution in [0, 0.1) is 0 Å². The lowest BCUT2D eigenvalue weighted by Crippen LogP contribution is -1.87. The molecular formula is C9H18O. The lowest BCUT2D eigenvalue weighted by Gasteiger charge is -1.97. The number of aliphatic hydroxyl groups excluding tert-OH is 1. The van der Waals surface area contributed by atoms with Crippen LogP contribution in [-0.2, 0) is 0 Å². The molecule has 0 aromatic carbocycles. The van der Waals surface area contributed by atoms with Crippen molar-refractivity contribution in [2.45, 2.75) is 39.5 Å². The SMILES string of the molecule is CCCCC=C(CC)CO. The second kappa shape index (κ2) is 6.81. The van der Waals surface area contributed by atoms with Gasteiger partial charge in [0.1, 0.15) is 0 Å². The molecular weight excluding hydrogens is 124 g/mol. The molecule has 0 fully saturated rings. The summed E-state index contributed by atoms with van der Waals surface area (Å²) in [5, 5.41) is 8.76. The minimum atomic E-state index is 0.236. The first-order valence-corrected chi connectivity index (χ1v) is 4.13. The highest BCUT2D eigenvalue weighted by molar-refractivity contribution is 5.00. The quantitative estimate of drug-likeness (QED) is 0.462. The van der Waals surface area contributed by atoms with Crippen molar-refractivity contribution in [1.82, 2.24) is 0 Å². The van der Waals surface area contributed by atoms with Crippen molar-refractivity contribution in [3.8, 4) is 0 Å². The molecule has 0 aliphatic carbocycles. The second-order valence-corrected chi connectivity index (χ2v) is 2.52. The van der Waals surface area contributed by atoms with E-state index in [0.717, 1.165) is 12.8 Å². The van der Waals surface area contributed by atoms with Crippen LogP contribution >= 0.6 is 0 Å². The Balaban J connectivity index is 3.43. The number of rotatable bonds is 5. The van der Waals surface area contributed by atoms with E-state index in [-0.39, 0.29) is 6.61 Å². The van der Waals surface area contributed by atoms with Gasteiger partial charge >= 0.3 is 0 Å². The summed E-state index contributed by atoms with van der Waals surface area (Å²) >= 11 is 0. The van der Waals surface area contributed by atoms with Gasteiger partial charge in [0, 0.05) is 0 Å². The van der Waals surface area contributed by atoms with Crippen LogP contribution in [0.15, 0.2) is 11.6 Å². The standard InChI is InChI=1S/C9H18O/c1-3-5-6-7-9(4-2)8-10/h7,10H,3-6,8H2,1-2H3. The fraction of sp³-hybridized carbons (Fsp3) is 0.778. The van der Waals surface area contributed by atoms with Crippen LogP contribution in [0.4, 0.5) is 0 Å². The third-order valence-electron chi connectivity index (χ3n) is 1.65. The van der Waals surface area contributed by atoms with Crippen LogP contribution in [0.3, 0.4) is 0 Å². The maximum Gasteiger partial charge on any atom is 0.0641 e. The van der Waals surface area contributed by atoms with Gasteiger partial charge in [-0.25, -0.2) is 0 Å². The molecule has 0 unspecified atom stereocenters. The molecule has 1 N–H and O–H groups in total. The Kier molecular flexibility index (Phi) is 6.61. The van der Waals surface area contributed by atoms with Crippen molar-refractivity contribution in [2.24, 2.45) is 0 Å². The Hall–Kier alpha value is -0.300. The van der Waals surface area contributed by atoms with Crippen molar-refractivity contribution < 1.29 is 5.11 Å². The van der Waals surface area contributed by atoms with E-state index in [0.29, 0.717) is 0 Å². The van der Waals surface area contributed by atoms with Gasteiger partial charge in [0.05, 0.1) is 6.61 Å². The molecule has 0 atom stereocenters. The molecule has 0 aromatic rings. The average Bonchev–Trinajstić information content (AvgIpc) is 1.99. The molecule has 10 heavy (non-hydrogen) atoms. The summed E-state index contributed by atoms with van der Waals surface area (Å²) < 4.78 is 0. The predicted octanol–water partition coefficient (Wildman–Crippen LogP) is 2.51. The fourth-order valence-corrected chi connectivity index (χ4v) is 0.831. The van der Waals surface area contributed by atoms with Gasteiger partial charge in [0.2, 0.25) is 0 Å². The van der Waals surface area contributed by atoms with Crippen LogP contribution in [0.5, 0.6) is 0 Å². The minimum Gasteiger partial charge on any atom is -0.392 e. The lowest BCUT2D eigenvalue weighted by atomic mass is 10.1. The first-order valence-electron chi connectivity index (χ1n) is 4.13. The summed E-state index contributed by atoms with van der Waals surface area (Å²) in [6.45, 7) is 4.49. The summed E-state index contributed by atoms with van der Waals surface area (Å²) in [5.74, 6) is 0. The Morgan fingerprint density at radius 3 is 2.50 bits per heavy atom. The molecule has 0 radical (unpaired) electrons. The minimum absolute atomic E-state index is 0.236. The van der Waals surface area contributed by atoms with Crippen molar-refractivity contribution in [3.63, 3.8) is 0 Å². The smallest absolute Gasteiger partial charge is 0.0641 e. The Bertz CT molecular complexity index is 88.9. The number of hydrogen-bond donors (Lipinski definition) is 1. The van der Waals surface area contributed by atoms with Crippen molar-refractivity contribution in [2.75, 3.05) is 6.61 Å². The molecule has 0 aliphatic rings. The molecule has 0 bridgehead atoms. The van der Waals surface area contributed by atoms with Gasteiger partial charge in [-0.3, -0.25) is 0 Å². The normalized spacial score (nSPS) is 12.1. The molecule has 0 amide bonds. The Morgan fingerprint density at radius 2 is 2.10 bits per heavy atom. The number of aliphatic hydroxyl groups is 1. The highest BCUT2D eigenvalue weighted by Gasteiger charge is 1.88.